The summed E-state index contributed by atoms with van der Waals surface area (Å²) in [5, 5.41) is 3.46. The van der Waals surface area contributed by atoms with Crippen molar-refractivity contribution < 1.29 is 14.2 Å². The van der Waals surface area contributed by atoms with Crippen LogP contribution in [0.2, 0.25) is 0 Å². The number of benzene rings is 2. The molecular weight excluding hydrogens is 314 g/mol. The van der Waals surface area contributed by atoms with Crippen LogP contribution >= 0.6 is 0 Å². The Balaban J connectivity index is 2.04. The molecule has 0 aromatic heterocycles. The van der Waals surface area contributed by atoms with Gasteiger partial charge in [-0.15, -0.1) is 0 Å². The molecule has 4 heteroatoms. The molecule has 0 aliphatic heterocycles. The highest BCUT2D eigenvalue weighted by atomic mass is 16.5. The first-order chi connectivity index (χ1) is 11.9. The Morgan fingerprint density at radius 2 is 1.40 bits per heavy atom. The lowest BCUT2D eigenvalue weighted by Gasteiger charge is -2.19. The predicted octanol–water partition coefficient (Wildman–Crippen LogP) is 4.30. The first kappa shape index (κ1) is 19.1. The van der Waals surface area contributed by atoms with Crippen LogP contribution in [0.4, 0.5) is 0 Å². The average Bonchev–Trinajstić information content (AvgIpc) is 2.60. The molecule has 2 aromatic carbocycles. The van der Waals surface area contributed by atoms with E-state index in [1.807, 2.05) is 12.1 Å². The maximum Gasteiger partial charge on any atom is 0.203 e. The number of hydrogen-bond donors (Lipinski definition) is 1. The smallest absolute Gasteiger partial charge is 0.203 e. The fourth-order valence-corrected chi connectivity index (χ4v) is 2.77. The van der Waals surface area contributed by atoms with Crippen molar-refractivity contribution in [2.45, 2.75) is 39.3 Å². The van der Waals surface area contributed by atoms with E-state index in [0.29, 0.717) is 23.8 Å². The van der Waals surface area contributed by atoms with Gasteiger partial charge >= 0.3 is 0 Å². The minimum atomic E-state index is 0.180. The zero-order valence-electron chi connectivity index (χ0n) is 16.1. The number of nitrogens with one attached hydrogen (secondary N) is 1. The summed E-state index contributed by atoms with van der Waals surface area (Å²) in [6, 6.07) is 12.7. The van der Waals surface area contributed by atoms with E-state index in [1.54, 1.807) is 21.3 Å². The molecule has 2 aromatic rings. The summed E-state index contributed by atoms with van der Waals surface area (Å²) in [5.74, 6) is 2.00. The lowest BCUT2D eigenvalue weighted by atomic mass is 9.87. The average molecular weight is 343 g/mol. The second-order valence-electron chi connectivity index (χ2n) is 7.04. The molecule has 2 rings (SSSR count). The normalized spacial score (nSPS) is 11.3. The summed E-state index contributed by atoms with van der Waals surface area (Å²) in [5.41, 5.74) is 3.82. The van der Waals surface area contributed by atoms with Gasteiger partial charge in [-0.3, -0.25) is 0 Å². The van der Waals surface area contributed by atoms with Crippen LogP contribution in [0.1, 0.15) is 37.5 Å². The zero-order chi connectivity index (χ0) is 18.4. The van der Waals surface area contributed by atoms with Gasteiger partial charge in [-0.1, -0.05) is 51.1 Å². The summed E-state index contributed by atoms with van der Waals surface area (Å²) in [6.45, 7) is 8.16. The van der Waals surface area contributed by atoms with Gasteiger partial charge in [0.1, 0.15) is 0 Å². The molecule has 1 N–H and O–H groups in total. The molecular formula is C21H29NO3. The van der Waals surface area contributed by atoms with Crippen LogP contribution in [0.5, 0.6) is 17.2 Å². The Kier molecular flexibility index (Phi) is 6.32. The Hall–Kier alpha value is -2.20. The molecule has 0 saturated carbocycles. The van der Waals surface area contributed by atoms with Crippen LogP contribution in [0.3, 0.4) is 0 Å². The molecule has 0 spiro atoms. The molecule has 0 bridgehead atoms. The van der Waals surface area contributed by atoms with Gasteiger partial charge in [-0.05, 0) is 22.6 Å². The van der Waals surface area contributed by atoms with Crippen LogP contribution in [0, 0.1) is 0 Å². The molecule has 0 fully saturated rings. The highest BCUT2D eigenvalue weighted by Crippen LogP contribution is 2.39. The Bertz CT molecular complexity index is 688. The van der Waals surface area contributed by atoms with E-state index < -0.39 is 0 Å². The standard InChI is InChI=1S/C21H29NO3/c1-21(2,3)17-10-7-15(8-11-17)13-22-14-16-9-12-18(23-4)20(25-6)19(16)24-5/h7-12,22H,13-14H2,1-6H3. The topological polar surface area (TPSA) is 39.7 Å². The van der Waals surface area contributed by atoms with Crippen LogP contribution in [0.25, 0.3) is 0 Å². The highest BCUT2D eigenvalue weighted by molar-refractivity contribution is 5.55. The lowest BCUT2D eigenvalue weighted by Crippen LogP contribution is -2.15. The number of rotatable bonds is 7. The molecule has 0 saturated heterocycles. The number of methoxy groups -OCH3 is 3. The SMILES string of the molecule is COc1ccc(CNCc2ccc(C(C)(C)C)cc2)c(OC)c1OC. The number of ether oxygens (including phenoxy) is 3. The Labute approximate surface area is 151 Å². The van der Waals surface area contributed by atoms with Gasteiger partial charge in [0.15, 0.2) is 11.5 Å². The molecule has 0 heterocycles. The summed E-state index contributed by atoms with van der Waals surface area (Å²) in [7, 11) is 4.89. The van der Waals surface area contributed by atoms with E-state index in [2.05, 4.69) is 50.4 Å². The molecule has 0 unspecified atom stereocenters. The fraction of sp³-hybridized carbons (Fsp3) is 0.429. The van der Waals surface area contributed by atoms with Crippen molar-refractivity contribution in [3.8, 4) is 17.2 Å². The van der Waals surface area contributed by atoms with Crippen molar-refractivity contribution in [1.82, 2.24) is 5.32 Å². The monoisotopic (exact) mass is 343 g/mol. The zero-order valence-corrected chi connectivity index (χ0v) is 16.1. The van der Waals surface area contributed by atoms with Crippen molar-refractivity contribution in [3.05, 3.63) is 53.1 Å². The van der Waals surface area contributed by atoms with Gasteiger partial charge in [0, 0.05) is 18.7 Å². The third kappa shape index (κ3) is 4.67. The third-order valence-corrected chi connectivity index (χ3v) is 4.25. The molecule has 25 heavy (non-hydrogen) atoms. The van der Waals surface area contributed by atoms with Crippen LogP contribution < -0.4 is 19.5 Å². The Morgan fingerprint density at radius 1 is 0.760 bits per heavy atom. The van der Waals surface area contributed by atoms with Crippen molar-refractivity contribution in [2.24, 2.45) is 0 Å². The minimum absolute atomic E-state index is 0.180. The van der Waals surface area contributed by atoms with E-state index in [-0.39, 0.29) is 5.41 Å². The van der Waals surface area contributed by atoms with Crippen molar-refractivity contribution in [2.75, 3.05) is 21.3 Å². The molecule has 0 amide bonds. The predicted molar refractivity (Wildman–Crippen MR) is 102 cm³/mol. The summed E-state index contributed by atoms with van der Waals surface area (Å²) < 4.78 is 16.3. The molecule has 136 valence electrons. The molecule has 0 aliphatic carbocycles. The molecule has 0 aliphatic rings. The van der Waals surface area contributed by atoms with Gasteiger partial charge in [0.2, 0.25) is 5.75 Å². The van der Waals surface area contributed by atoms with Crippen LogP contribution in [-0.2, 0) is 18.5 Å². The third-order valence-electron chi connectivity index (χ3n) is 4.25. The molecule has 0 radical (unpaired) electrons. The van der Waals surface area contributed by atoms with Gasteiger partial charge in [-0.25, -0.2) is 0 Å². The maximum absolute atomic E-state index is 5.52. The number of hydrogen-bond acceptors (Lipinski definition) is 4. The van der Waals surface area contributed by atoms with Crippen molar-refractivity contribution >= 4 is 0 Å². The first-order valence-corrected chi connectivity index (χ1v) is 8.48. The molecule has 4 nitrogen and oxygen atoms in total. The second-order valence-corrected chi connectivity index (χ2v) is 7.04. The largest absolute Gasteiger partial charge is 0.493 e. The van der Waals surface area contributed by atoms with Crippen LogP contribution in [0.15, 0.2) is 36.4 Å². The molecule has 0 atom stereocenters. The second kappa shape index (κ2) is 8.26. The first-order valence-electron chi connectivity index (χ1n) is 8.48. The quantitative estimate of drug-likeness (QED) is 0.814. The van der Waals surface area contributed by atoms with Crippen molar-refractivity contribution in [3.63, 3.8) is 0 Å². The van der Waals surface area contributed by atoms with E-state index in [0.717, 1.165) is 12.1 Å². The van der Waals surface area contributed by atoms with Crippen molar-refractivity contribution in [1.29, 1.82) is 0 Å². The van der Waals surface area contributed by atoms with Gasteiger partial charge in [0.05, 0.1) is 21.3 Å². The summed E-state index contributed by atoms with van der Waals surface area (Å²) in [4.78, 5) is 0. The summed E-state index contributed by atoms with van der Waals surface area (Å²) in [6.07, 6.45) is 0. The van der Waals surface area contributed by atoms with E-state index in [9.17, 15) is 0 Å². The maximum atomic E-state index is 5.52. The van der Waals surface area contributed by atoms with E-state index >= 15 is 0 Å². The Morgan fingerprint density at radius 3 is 1.92 bits per heavy atom. The van der Waals surface area contributed by atoms with E-state index in [1.165, 1.54) is 11.1 Å². The van der Waals surface area contributed by atoms with Gasteiger partial charge in [0.25, 0.3) is 0 Å². The van der Waals surface area contributed by atoms with Gasteiger partial charge in [-0.2, -0.15) is 0 Å². The van der Waals surface area contributed by atoms with E-state index in [4.69, 9.17) is 14.2 Å². The fourth-order valence-electron chi connectivity index (χ4n) is 2.77. The van der Waals surface area contributed by atoms with Crippen LogP contribution in [-0.4, -0.2) is 21.3 Å². The highest BCUT2D eigenvalue weighted by Gasteiger charge is 2.15. The minimum Gasteiger partial charge on any atom is -0.493 e. The summed E-state index contributed by atoms with van der Waals surface area (Å²) >= 11 is 0. The lowest BCUT2D eigenvalue weighted by molar-refractivity contribution is 0.321. The van der Waals surface area contributed by atoms with Gasteiger partial charge < -0.3 is 19.5 Å².